The van der Waals surface area contributed by atoms with E-state index in [1.165, 1.54) is 11.8 Å². The molecule has 8 heteroatoms. The maximum atomic E-state index is 12.2. The number of aromatic nitrogens is 2. The van der Waals surface area contributed by atoms with Crippen LogP contribution in [-0.4, -0.2) is 23.3 Å². The van der Waals surface area contributed by atoms with Crippen molar-refractivity contribution in [2.45, 2.75) is 25.6 Å². The molecule has 6 nitrogen and oxygen atoms in total. The number of aryl methyl sites for hydroxylation is 2. The zero-order valence-electron chi connectivity index (χ0n) is 17.0. The molecule has 30 heavy (non-hydrogen) atoms. The summed E-state index contributed by atoms with van der Waals surface area (Å²) in [4.78, 5) is 19.3. The minimum Gasteiger partial charge on any atom is -0.496 e. The molecule has 0 saturated carbocycles. The molecule has 0 aliphatic heterocycles. The van der Waals surface area contributed by atoms with Crippen LogP contribution < -0.4 is 15.0 Å². The van der Waals surface area contributed by atoms with Gasteiger partial charge in [-0.05, 0) is 61.6 Å². The van der Waals surface area contributed by atoms with Crippen molar-refractivity contribution in [1.82, 2.24) is 9.97 Å². The van der Waals surface area contributed by atoms with Gasteiger partial charge in [0.15, 0.2) is 5.16 Å². The number of ether oxygens (including phenoxy) is 2. The molecule has 0 spiro atoms. The molecule has 0 atom stereocenters. The largest absolute Gasteiger partial charge is 0.496 e. The smallest absolute Gasteiger partial charge is 0.270 e. The van der Waals surface area contributed by atoms with Gasteiger partial charge in [0.1, 0.15) is 29.7 Å². The molecule has 154 valence electrons. The summed E-state index contributed by atoms with van der Waals surface area (Å²) in [6.07, 6.45) is 1.80. The lowest BCUT2D eigenvalue weighted by Gasteiger charge is -2.14. The van der Waals surface area contributed by atoms with E-state index in [0.717, 1.165) is 21.7 Å². The molecule has 0 aliphatic carbocycles. The zero-order valence-corrected chi connectivity index (χ0v) is 18.6. The van der Waals surface area contributed by atoms with Gasteiger partial charge < -0.3 is 14.5 Å². The molecule has 0 saturated heterocycles. The maximum absolute atomic E-state index is 12.2. The van der Waals surface area contributed by atoms with Crippen LogP contribution in [0.1, 0.15) is 22.3 Å². The second-order valence-electron chi connectivity index (χ2n) is 6.60. The number of hydrogen-bond donors (Lipinski definition) is 1. The Balaban J connectivity index is 2.00. The van der Waals surface area contributed by atoms with E-state index in [1.54, 1.807) is 25.5 Å². The third-order valence-electron chi connectivity index (χ3n) is 4.56. The summed E-state index contributed by atoms with van der Waals surface area (Å²) in [7, 11) is 1.58. The predicted molar refractivity (Wildman–Crippen MR) is 119 cm³/mol. The Kier molecular flexibility index (Phi) is 6.70. The van der Waals surface area contributed by atoms with Gasteiger partial charge in [-0.1, -0.05) is 23.4 Å². The molecule has 0 unspecified atom stereocenters. The van der Waals surface area contributed by atoms with Crippen molar-refractivity contribution in [3.8, 4) is 28.8 Å². The van der Waals surface area contributed by atoms with E-state index in [1.807, 2.05) is 38.1 Å². The molecule has 0 radical (unpaired) electrons. The maximum Gasteiger partial charge on any atom is 0.270 e. The summed E-state index contributed by atoms with van der Waals surface area (Å²) in [6, 6.07) is 11.1. The zero-order chi connectivity index (χ0) is 21.8. The van der Waals surface area contributed by atoms with Gasteiger partial charge in [0.25, 0.3) is 5.56 Å². The molecule has 1 N–H and O–H groups in total. The number of methoxy groups -OCH3 is 1. The monoisotopic (exact) mass is 441 g/mol. The van der Waals surface area contributed by atoms with Crippen molar-refractivity contribution in [3.05, 3.63) is 68.0 Å². The highest BCUT2D eigenvalue weighted by atomic mass is 35.5. The summed E-state index contributed by atoms with van der Waals surface area (Å²) in [6.45, 7) is 4.08. The Bertz CT molecular complexity index is 1180. The van der Waals surface area contributed by atoms with Crippen LogP contribution in [0.3, 0.4) is 0 Å². The quantitative estimate of drug-likeness (QED) is 0.433. The fraction of sp³-hybridized carbons (Fsp3) is 0.227. The lowest BCUT2D eigenvalue weighted by molar-refractivity contribution is 0.296. The Morgan fingerprint density at radius 1 is 1.23 bits per heavy atom. The van der Waals surface area contributed by atoms with Gasteiger partial charge in [0, 0.05) is 16.1 Å². The number of thioether (sulfide) groups is 1. The first-order valence-electron chi connectivity index (χ1n) is 9.03. The first-order chi connectivity index (χ1) is 14.4. The highest BCUT2D eigenvalue weighted by molar-refractivity contribution is 7.98. The van der Waals surface area contributed by atoms with E-state index in [4.69, 9.17) is 21.1 Å². The third-order valence-corrected chi connectivity index (χ3v) is 5.74. The fourth-order valence-electron chi connectivity index (χ4n) is 3.05. The summed E-state index contributed by atoms with van der Waals surface area (Å²) >= 11 is 7.53. The van der Waals surface area contributed by atoms with Crippen molar-refractivity contribution < 1.29 is 9.47 Å². The van der Waals surface area contributed by atoms with Gasteiger partial charge in [-0.3, -0.25) is 4.79 Å². The molecule has 0 bridgehead atoms. The van der Waals surface area contributed by atoms with Crippen molar-refractivity contribution >= 4 is 23.4 Å². The Labute approximate surface area is 183 Å². The van der Waals surface area contributed by atoms with Gasteiger partial charge >= 0.3 is 0 Å². The number of H-pyrrole nitrogens is 1. The summed E-state index contributed by atoms with van der Waals surface area (Å²) in [5, 5.41) is 10.6. The van der Waals surface area contributed by atoms with Gasteiger partial charge in [-0.15, -0.1) is 0 Å². The van der Waals surface area contributed by atoms with E-state index >= 15 is 0 Å². The van der Waals surface area contributed by atoms with Crippen LogP contribution in [0.4, 0.5) is 0 Å². The highest BCUT2D eigenvalue weighted by Gasteiger charge is 2.16. The summed E-state index contributed by atoms with van der Waals surface area (Å²) in [5.74, 6) is 1.33. The van der Waals surface area contributed by atoms with E-state index in [0.29, 0.717) is 27.9 Å². The molecule has 0 aliphatic rings. The number of nitrogens with zero attached hydrogens (tertiary/aromatic N) is 2. The molecule has 3 aromatic rings. The Morgan fingerprint density at radius 2 is 1.93 bits per heavy atom. The number of aromatic amines is 1. The van der Waals surface area contributed by atoms with Crippen LogP contribution in [0.5, 0.6) is 11.5 Å². The first kappa shape index (κ1) is 21.8. The first-order valence-corrected chi connectivity index (χ1v) is 10.6. The second-order valence-corrected chi connectivity index (χ2v) is 7.77. The van der Waals surface area contributed by atoms with Crippen LogP contribution in [0.2, 0.25) is 5.02 Å². The van der Waals surface area contributed by atoms with E-state index in [-0.39, 0.29) is 12.2 Å². The number of hydrogen-bond acceptors (Lipinski definition) is 6. The molecule has 3 rings (SSSR count). The van der Waals surface area contributed by atoms with Crippen molar-refractivity contribution in [1.29, 1.82) is 5.26 Å². The molecular weight excluding hydrogens is 422 g/mol. The minimum atomic E-state index is -0.465. The normalized spacial score (nSPS) is 10.5. The molecular formula is C22H20ClN3O3S. The number of nitriles is 1. The summed E-state index contributed by atoms with van der Waals surface area (Å²) < 4.78 is 11.4. The molecule has 0 amide bonds. The second kappa shape index (κ2) is 9.24. The van der Waals surface area contributed by atoms with Gasteiger partial charge in [-0.25, -0.2) is 4.98 Å². The average Bonchev–Trinajstić information content (AvgIpc) is 2.75. The lowest BCUT2D eigenvalue weighted by atomic mass is 10.0. The van der Waals surface area contributed by atoms with Crippen LogP contribution in [-0.2, 0) is 6.61 Å². The third kappa shape index (κ3) is 4.45. The molecule has 1 aromatic heterocycles. The van der Waals surface area contributed by atoms with Gasteiger partial charge in [-0.2, -0.15) is 5.26 Å². The van der Waals surface area contributed by atoms with Gasteiger partial charge in [0.05, 0.1) is 12.8 Å². The number of nitrogens with one attached hydrogen (secondary N) is 1. The number of benzene rings is 2. The standard InChI is InChI=1S/C22H20ClN3O3S/c1-12-7-16(8-13(2)19(12)23)29-11-15-9-14(5-6-18(15)28-3)20-17(10-24)21(27)26-22(25-20)30-4/h5-9H,11H2,1-4H3,(H,25,26,27). The molecule has 1 heterocycles. The SMILES string of the molecule is COc1ccc(-c2nc(SC)[nH]c(=O)c2C#N)cc1COc1cc(C)c(Cl)c(C)c1. The van der Waals surface area contributed by atoms with Crippen LogP contribution in [0, 0.1) is 25.2 Å². The van der Waals surface area contributed by atoms with E-state index in [9.17, 15) is 10.1 Å². The van der Waals surface area contributed by atoms with Crippen LogP contribution in [0.25, 0.3) is 11.3 Å². The minimum absolute atomic E-state index is 0.0335. The molecule has 2 aromatic carbocycles. The highest BCUT2D eigenvalue weighted by Crippen LogP contribution is 2.30. The molecule has 0 fully saturated rings. The van der Waals surface area contributed by atoms with Crippen molar-refractivity contribution in [3.63, 3.8) is 0 Å². The number of halogens is 1. The Morgan fingerprint density at radius 3 is 2.53 bits per heavy atom. The van der Waals surface area contributed by atoms with Crippen LogP contribution >= 0.6 is 23.4 Å². The summed E-state index contributed by atoms with van der Waals surface area (Å²) in [5.41, 5.74) is 3.09. The van der Waals surface area contributed by atoms with Gasteiger partial charge in [0.2, 0.25) is 0 Å². The predicted octanol–water partition coefficient (Wildman–Crippen LogP) is 4.89. The van der Waals surface area contributed by atoms with E-state index < -0.39 is 5.56 Å². The van der Waals surface area contributed by atoms with Crippen molar-refractivity contribution in [2.75, 3.05) is 13.4 Å². The fourth-order valence-corrected chi connectivity index (χ4v) is 3.54. The van der Waals surface area contributed by atoms with Crippen molar-refractivity contribution in [2.24, 2.45) is 0 Å². The van der Waals surface area contributed by atoms with E-state index in [2.05, 4.69) is 9.97 Å². The lowest BCUT2D eigenvalue weighted by Crippen LogP contribution is -2.14. The average molecular weight is 442 g/mol. The number of rotatable bonds is 6. The topological polar surface area (TPSA) is 88.0 Å². The Hall–Kier alpha value is -2.95. The van der Waals surface area contributed by atoms with Crippen LogP contribution in [0.15, 0.2) is 40.3 Å².